The number of halogens is 3. The largest absolute Gasteiger partial charge is 0.490 e. The maximum Gasteiger partial charge on any atom is 0.490 e. The zero-order valence-corrected chi connectivity index (χ0v) is 17.2. The van der Waals surface area contributed by atoms with Crippen LogP contribution in [0.3, 0.4) is 0 Å². The van der Waals surface area contributed by atoms with Crippen molar-refractivity contribution in [3.8, 4) is 0 Å². The molecule has 1 aromatic rings. The zero-order chi connectivity index (χ0) is 22.0. The second-order valence-corrected chi connectivity index (χ2v) is 8.28. The van der Waals surface area contributed by atoms with Gasteiger partial charge in [-0.05, 0) is 39.2 Å². The van der Waals surface area contributed by atoms with Crippen LogP contribution < -0.4 is 0 Å². The number of aromatic nitrogens is 1. The molecule has 2 fully saturated rings. The molecule has 2 aliphatic rings. The van der Waals surface area contributed by atoms with Gasteiger partial charge in [0, 0.05) is 25.2 Å². The first-order valence-electron chi connectivity index (χ1n) is 9.59. The van der Waals surface area contributed by atoms with Crippen LogP contribution in [0.4, 0.5) is 13.2 Å². The molecule has 0 radical (unpaired) electrons. The van der Waals surface area contributed by atoms with Gasteiger partial charge in [-0.2, -0.15) is 13.2 Å². The van der Waals surface area contributed by atoms with Gasteiger partial charge in [-0.3, -0.25) is 4.79 Å². The lowest BCUT2D eigenvalue weighted by Crippen LogP contribution is -2.66. The number of aliphatic carboxylic acids is 1. The van der Waals surface area contributed by atoms with Crippen LogP contribution in [-0.2, 0) is 16.1 Å². The van der Waals surface area contributed by atoms with Crippen LogP contribution in [0, 0.1) is 25.2 Å². The Bertz CT molecular complexity index is 728. The molecule has 7 nitrogen and oxygen atoms in total. The van der Waals surface area contributed by atoms with Gasteiger partial charge < -0.3 is 19.4 Å². The number of piperidine rings is 1. The lowest BCUT2D eigenvalue weighted by molar-refractivity contribution is -0.192. The molecule has 1 amide bonds. The van der Waals surface area contributed by atoms with Gasteiger partial charge in [0.15, 0.2) is 0 Å². The van der Waals surface area contributed by atoms with Crippen LogP contribution in [0.2, 0.25) is 0 Å². The van der Waals surface area contributed by atoms with Crippen molar-refractivity contribution in [3.05, 3.63) is 17.0 Å². The Morgan fingerprint density at radius 3 is 2.38 bits per heavy atom. The molecule has 0 bridgehead atoms. The van der Waals surface area contributed by atoms with E-state index in [1.807, 2.05) is 18.7 Å². The van der Waals surface area contributed by atoms with Gasteiger partial charge in [0.2, 0.25) is 5.91 Å². The minimum Gasteiger partial charge on any atom is -0.475 e. The summed E-state index contributed by atoms with van der Waals surface area (Å²) in [5.74, 6) is -0.950. The number of carboxylic acids is 1. The maximum atomic E-state index is 12.8. The number of nitrogens with zero attached hydrogens (tertiary/aromatic N) is 3. The summed E-state index contributed by atoms with van der Waals surface area (Å²) in [6, 6.07) is 0. The molecule has 2 aliphatic heterocycles. The minimum absolute atomic E-state index is 0.119. The number of carboxylic acid groups (broad SMARTS) is 1. The standard InChI is InChI=1S/C17H27N3O2.C2HF3O2/c1-12(2)8-19-7-5-6-17(10-19)11-20(16(17)21)9-15-13(3)18-22-14(15)4;3-2(4,5)1(6)7/h12H,5-11H2,1-4H3;(H,6,7). The summed E-state index contributed by atoms with van der Waals surface area (Å²) in [4.78, 5) is 26.1. The first-order chi connectivity index (χ1) is 13.4. The van der Waals surface area contributed by atoms with Crippen LogP contribution in [0.25, 0.3) is 0 Å². The Balaban J connectivity index is 0.000000370. The molecule has 0 aliphatic carbocycles. The normalized spacial score (nSPS) is 22.5. The fourth-order valence-corrected chi connectivity index (χ4v) is 4.00. The van der Waals surface area contributed by atoms with Crippen molar-refractivity contribution in [2.24, 2.45) is 11.3 Å². The van der Waals surface area contributed by atoms with Crippen molar-refractivity contribution in [1.29, 1.82) is 0 Å². The van der Waals surface area contributed by atoms with Crippen LogP contribution >= 0.6 is 0 Å². The van der Waals surface area contributed by atoms with Crippen molar-refractivity contribution in [2.75, 3.05) is 26.2 Å². The lowest BCUT2D eigenvalue weighted by atomic mass is 9.72. The SMILES string of the molecule is Cc1noc(C)c1CN1CC2(CCCN(CC(C)C)C2)C1=O.O=C(O)C(F)(F)F. The molecule has 164 valence electrons. The molecule has 3 rings (SSSR count). The van der Waals surface area contributed by atoms with E-state index in [4.69, 9.17) is 14.4 Å². The van der Waals surface area contributed by atoms with E-state index in [1.165, 1.54) is 0 Å². The van der Waals surface area contributed by atoms with Gasteiger partial charge in [0.05, 0.1) is 17.7 Å². The predicted molar refractivity (Wildman–Crippen MR) is 98.0 cm³/mol. The predicted octanol–water partition coefficient (Wildman–Crippen LogP) is 3.01. The number of β-lactam (4-membered cyclic amide) rings is 1. The average Bonchev–Trinajstić information content (AvgIpc) is 2.92. The molecular formula is C19H28F3N3O4. The Labute approximate surface area is 167 Å². The summed E-state index contributed by atoms with van der Waals surface area (Å²) in [7, 11) is 0. The van der Waals surface area contributed by atoms with Crippen LogP contribution in [-0.4, -0.2) is 64.3 Å². The third-order valence-corrected chi connectivity index (χ3v) is 5.29. The van der Waals surface area contributed by atoms with Crippen molar-refractivity contribution in [2.45, 2.75) is 53.3 Å². The molecular weight excluding hydrogens is 391 g/mol. The number of carbonyl (C=O) groups is 2. The summed E-state index contributed by atoms with van der Waals surface area (Å²) >= 11 is 0. The zero-order valence-electron chi connectivity index (χ0n) is 17.2. The molecule has 1 spiro atoms. The summed E-state index contributed by atoms with van der Waals surface area (Å²) < 4.78 is 36.9. The highest BCUT2D eigenvalue weighted by Gasteiger charge is 2.53. The van der Waals surface area contributed by atoms with Crippen LogP contribution in [0.1, 0.15) is 43.7 Å². The summed E-state index contributed by atoms with van der Waals surface area (Å²) in [6.07, 6.45) is -2.91. The van der Waals surface area contributed by atoms with Gasteiger partial charge in [-0.25, -0.2) is 4.79 Å². The fraction of sp³-hybridized carbons (Fsp3) is 0.737. The number of rotatable bonds is 4. The molecule has 1 N–H and O–H groups in total. The quantitative estimate of drug-likeness (QED) is 0.755. The fourth-order valence-electron chi connectivity index (χ4n) is 4.00. The molecule has 0 aromatic carbocycles. The highest BCUT2D eigenvalue weighted by Crippen LogP contribution is 2.41. The molecule has 3 heterocycles. The van der Waals surface area contributed by atoms with E-state index in [0.717, 1.165) is 56.0 Å². The second kappa shape index (κ2) is 8.73. The second-order valence-electron chi connectivity index (χ2n) is 8.28. The van der Waals surface area contributed by atoms with Crippen molar-refractivity contribution in [3.63, 3.8) is 0 Å². The van der Waals surface area contributed by atoms with Gasteiger partial charge in [-0.15, -0.1) is 0 Å². The van der Waals surface area contributed by atoms with Crippen LogP contribution in [0.15, 0.2) is 4.52 Å². The van der Waals surface area contributed by atoms with E-state index in [1.54, 1.807) is 0 Å². The molecule has 2 saturated heterocycles. The van der Waals surface area contributed by atoms with E-state index in [2.05, 4.69) is 23.9 Å². The number of aryl methyl sites for hydroxylation is 2. The summed E-state index contributed by atoms with van der Waals surface area (Å²) in [6.45, 7) is 13.0. The van der Waals surface area contributed by atoms with Crippen molar-refractivity contribution < 1.29 is 32.4 Å². The lowest BCUT2D eigenvalue weighted by Gasteiger charge is -2.53. The topological polar surface area (TPSA) is 86.9 Å². The molecule has 1 aromatic heterocycles. The van der Waals surface area contributed by atoms with E-state index in [9.17, 15) is 18.0 Å². The molecule has 1 atom stereocenters. The summed E-state index contributed by atoms with van der Waals surface area (Å²) in [5.41, 5.74) is 1.85. The number of likely N-dealkylation sites (tertiary alicyclic amines) is 2. The monoisotopic (exact) mass is 419 g/mol. The molecule has 0 saturated carbocycles. The van der Waals surface area contributed by atoms with Gasteiger partial charge in [-0.1, -0.05) is 19.0 Å². The van der Waals surface area contributed by atoms with Gasteiger partial charge in [0.25, 0.3) is 0 Å². The molecule has 1 unspecified atom stereocenters. The average molecular weight is 419 g/mol. The smallest absolute Gasteiger partial charge is 0.475 e. The van der Waals surface area contributed by atoms with Crippen molar-refractivity contribution >= 4 is 11.9 Å². The summed E-state index contributed by atoms with van der Waals surface area (Å²) in [5, 5.41) is 11.1. The third kappa shape index (κ3) is 5.49. The van der Waals surface area contributed by atoms with Crippen LogP contribution in [0.5, 0.6) is 0 Å². The first kappa shape index (κ1) is 23.2. The molecule has 29 heavy (non-hydrogen) atoms. The van der Waals surface area contributed by atoms with E-state index in [0.29, 0.717) is 18.4 Å². The van der Waals surface area contributed by atoms with E-state index < -0.39 is 12.1 Å². The highest BCUT2D eigenvalue weighted by atomic mass is 19.4. The number of hydrogen-bond acceptors (Lipinski definition) is 5. The third-order valence-electron chi connectivity index (χ3n) is 5.29. The maximum absolute atomic E-state index is 12.8. The van der Waals surface area contributed by atoms with E-state index >= 15 is 0 Å². The van der Waals surface area contributed by atoms with E-state index in [-0.39, 0.29) is 5.41 Å². The highest BCUT2D eigenvalue weighted by molar-refractivity contribution is 5.89. The Hall–Kier alpha value is -2.10. The Morgan fingerprint density at radius 1 is 1.31 bits per heavy atom. The number of alkyl halides is 3. The number of amides is 1. The first-order valence-corrected chi connectivity index (χ1v) is 9.59. The Morgan fingerprint density at radius 2 is 1.93 bits per heavy atom. The number of hydrogen-bond donors (Lipinski definition) is 1. The number of carbonyl (C=O) groups excluding carboxylic acids is 1. The van der Waals surface area contributed by atoms with Gasteiger partial charge >= 0.3 is 12.1 Å². The minimum atomic E-state index is -5.08. The Kier molecular flexibility index (Phi) is 6.97. The van der Waals surface area contributed by atoms with Gasteiger partial charge in [0.1, 0.15) is 5.76 Å². The molecule has 10 heteroatoms. The van der Waals surface area contributed by atoms with Crippen molar-refractivity contribution in [1.82, 2.24) is 15.0 Å².